The molecule has 198 valence electrons. The fourth-order valence-corrected chi connectivity index (χ4v) is 6.36. The van der Waals surface area contributed by atoms with Crippen molar-refractivity contribution in [3.8, 4) is 22.7 Å². The zero-order chi connectivity index (χ0) is 27.0. The van der Waals surface area contributed by atoms with Gasteiger partial charge in [-0.05, 0) is 0 Å². The maximum atomic E-state index is 9.00. The van der Waals surface area contributed by atoms with Crippen LogP contribution in [0.2, 0.25) is 0 Å². The van der Waals surface area contributed by atoms with Gasteiger partial charge in [-0.15, -0.1) is 0 Å². The third-order valence-corrected chi connectivity index (χ3v) is 7.94. The van der Waals surface area contributed by atoms with Crippen molar-refractivity contribution < 1.29 is 27.0 Å². The molecule has 2 heterocycles. The van der Waals surface area contributed by atoms with Crippen molar-refractivity contribution in [3.05, 3.63) is 154 Å². The van der Waals surface area contributed by atoms with E-state index >= 15 is 0 Å². The summed E-state index contributed by atoms with van der Waals surface area (Å²) in [5.41, 5.74) is 4.61. The summed E-state index contributed by atoms with van der Waals surface area (Å²) in [5, 5.41) is 7.42. The maximum absolute atomic E-state index is 9.00. The Hall–Kier alpha value is -4.57. The molecule has 0 unspecified atom stereocenters. The molecule has 0 saturated heterocycles. The predicted octanol–water partition coefficient (Wildman–Crippen LogP) is 6.79. The van der Waals surface area contributed by atoms with E-state index in [1.54, 1.807) is 0 Å². The number of para-hydroxylation sites is 4. The Morgan fingerprint density at radius 1 is 0.487 bits per heavy atom. The van der Waals surface area contributed by atoms with Crippen LogP contribution in [-0.4, -0.2) is 29.3 Å². The molecule has 6 rings (SSSR count). The fourth-order valence-electron chi connectivity index (χ4n) is 4.03. The summed E-state index contributed by atoms with van der Waals surface area (Å²) < 4.78 is 11.7. The summed E-state index contributed by atoms with van der Waals surface area (Å²) >= 11 is 0.102. The zero-order valence-electron chi connectivity index (χ0n) is 21.3. The first kappa shape index (κ1) is 26.1. The molecule has 0 amide bonds. The third-order valence-electron chi connectivity index (χ3n) is 5.74. The zero-order valence-corrected chi connectivity index (χ0v) is 22.9. The first-order valence-electron chi connectivity index (χ1n) is 12.4. The normalized spacial score (nSPS) is 10.6. The van der Waals surface area contributed by atoms with Crippen LogP contribution in [0, 0.1) is 7.78 Å². The van der Waals surface area contributed by atoms with E-state index in [4.69, 9.17) is 9.90 Å². The molecule has 7 heteroatoms. The average Bonchev–Trinajstić information content (AvgIpc) is 3.59. The number of carboxylic acid groups (broad SMARTS) is 1. The van der Waals surface area contributed by atoms with Crippen LogP contribution in [0.5, 0.6) is 0 Å². The number of nitrogens with zero attached hydrogens (tertiary/aromatic N) is 4. The van der Waals surface area contributed by atoms with Gasteiger partial charge in [0.25, 0.3) is 5.97 Å². The Labute approximate surface area is 234 Å². The van der Waals surface area contributed by atoms with E-state index in [0.29, 0.717) is 0 Å². The number of benzene rings is 4. The second-order valence-corrected chi connectivity index (χ2v) is 10.3. The Balaban J connectivity index is 0.000000723. The summed E-state index contributed by atoms with van der Waals surface area (Å²) in [7, 11) is 0. The molecule has 39 heavy (non-hydrogen) atoms. The number of aromatic nitrogens is 4. The van der Waals surface area contributed by atoms with E-state index in [1.807, 2.05) is 0 Å². The average molecular weight is 607 g/mol. The van der Waals surface area contributed by atoms with Crippen LogP contribution in [0.15, 0.2) is 146 Å². The van der Waals surface area contributed by atoms with Gasteiger partial charge in [0.1, 0.15) is 0 Å². The first-order valence-corrected chi connectivity index (χ1v) is 13.9. The van der Waals surface area contributed by atoms with Gasteiger partial charge >= 0.3 is 212 Å². The first-order chi connectivity index (χ1) is 19.1. The van der Waals surface area contributed by atoms with Gasteiger partial charge in [-0.25, -0.2) is 0 Å². The molecule has 0 aliphatic carbocycles. The molecule has 6 aromatic rings. The second kappa shape index (κ2) is 12.3. The van der Waals surface area contributed by atoms with Crippen LogP contribution in [0.4, 0.5) is 0 Å². The van der Waals surface area contributed by atoms with Gasteiger partial charge in [0, 0.05) is 6.92 Å². The second-order valence-electron chi connectivity index (χ2n) is 8.50. The molecule has 0 fully saturated rings. The van der Waals surface area contributed by atoms with Gasteiger partial charge in [0.05, 0.1) is 0 Å². The fraction of sp³-hybridized carbons (Fsp3) is 0.0312. The van der Waals surface area contributed by atoms with Gasteiger partial charge in [0.15, 0.2) is 0 Å². The number of hydrogen-bond donors (Lipinski definition) is 1. The number of carbonyl (C=O) groups is 1. The molecular formula is C32H28N4O2Pd. The van der Waals surface area contributed by atoms with Crippen molar-refractivity contribution in [3.63, 3.8) is 0 Å². The van der Waals surface area contributed by atoms with Gasteiger partial charge in [-0.2, -0.15) is 0 Å². The van der Waals surface area contributed by atoms with Crippen LogP contribution in [0.3, 0.4) is 0 Å². The molecule has 0 spiro atoms. The molecule has 0 radical (unpaired) electrons. The quantitative estimate of drug-likeness (QED) is 0.225. The third kappa shape index (κ3) is 6.13. The van der Waals surface area contributed by atoms with E-state index in [9.17, 15) is 0 Å². The van der Waals surface area contributed by atoms with Gasteiger partial charge in [0.2, 0.25) is 0 Å². The molecular weight excluding hydrogens is 579 g/mol. The van der Waals surface area contributed by atoms with E-state index in [-0.39, 0.29) is 17.1 Å². The van der Waals surface area contributed by atoms with Crippen molar-refractivity contribution in [1.82, 2.24) is 18.3 Å². The molecule has 0 aliphatic heterocycles. The van der Waals surface area contributed by atoms with Crippen LogP contribution in [0.1, 0.15) is 6.92 Å². The van der Waals surface area contributed by atoms with E-state index in [0.717, 1.165) is 29.7 Å². The van der Waals surface area contributed by atoms with Crippen molar-refractivity contribution in [2.24, 2.45) is 0 Å². The van der Waals surface area contributed by atoms with Gasteiger partial charge in [-0.1, -0.05) is 0 Å². The van der Waals surface area contributed by atoms with Crippen molar-refractivity contribution in [1.29, 1.82) is 0 Å². The number of hydrogen-bond acceptors (Lipinski definition) is 1. The molecule has 0 atom stereocenters. The summed E-state index contributed by atoms with van der Waals surface area (Å²) in [4.78, 5) is 9.00. The van der Waals surface area contributed by atoms with Crippen LogP contribution in [0.25, 0.3) is 22.7 Å². The van der Waals surface area contributed by atoms with Crippen LogP contribution < -0.4 is 0 Å². The van der Waals surface area contributed by atoms with Gasteiger partial charge in [-0.3, -0.25) is 4.79 Å². The molecule has 2 aromatic heterocycles. The van der Waals surface area contributed by atoms with Crippen molar-refractivity contribution in [2.75, 3.05) is 0 Å². The van der Waals surface area contributed by atoms with Crippen molar-refractivity contribution >= 4 is 5.97 Å². The summed E-state index contributed by atoms with van der Waals surface area (Å²) in [6.07, 6.45) is 8.66. The molecule has 1 N–H and O–H groups in total. The van der Waals surface area contributed by atoms with E-state index < -0.39 is 5.97 Å². The molecule has 0 bridgehead atoms. The Morgan fingerprint density at radius 2 is 0.692 bits per heavy atom. The molecule has 6 nitrogen and oxygen atoms in total. The standard InChI is InChI=1S/2C15H12N2.C2H4O2.Pd/c2*1-3-7-14(8-4-1)16-11-12-17(13-16)15-9-5-2-6-10-15;1-2(3)4;/h2*1-12H;1H3,(H,3,4);. The summed E-state index contributed by atoms with van der Waals surface area (Å²) in [6, 6.07) is 42.3. The monoisotopic (exact) mass is 606 g/mol. The van der Waals surface area contributed by atoms with E-state index in [1.165, 1.54) is 7.78 Å². The molecule has 4 aromatic carbocycles. The molecule has 0 aliphatic rings. The number of carboxylic acids is 1. The minimum atomic E-state index is -0.833. The predicted molar refractivity (Wildman–Crippen MR) is 150 cm³/mol. The number of aliphatic carboxylic acids is 1. The molecule has 0 saturated carbocycles. The van der Waals surface area contributed by atoms with Crippen LogP contribution >= 0.6 is 0 Å². The van der Waals surface area contributed by atoms with E-state index in [2.05, 4.69) is 164 Å². The Morgan fingerprint density at radius 3 is 0.897 bits per heavy atom. The summed E-state index contributed by atoms with van der Waals surface area (Å²) in [6.45, 7) is 1.08. The SMILES string of the molecule is CC(=O)O.c1ccc(-n2ccn(-c3ccccc3)[c]2=[Pd]=[c]2n(-c3ccccc3)ccn2-c2ccccc2)cc1. The Bertz CT molecular complexity index is 1560. The topological polar surface area (TPSA) is 57.0 Å². The van der Waals surface area contributed by atoms with Crippen molar-refractivity contribution in [2.45, 2.75) is 6.92 Å². The summed E-state index contributed by atoms with van der Waals surface area (Å²) in [5.74, 6) is -0.833. The number of imidazole rings is 2. The van der Waals surface area contributed by atoms with Gasteiger partial charge < -0.3 is 5.11 Å². The van der Waals surface area contributed by atoms with Crippen LogP contribution in [-0.2, 0) is 21.9 Å². The number of rotatable bonds is 4. The Kier molecular flexibility index (Phi) is 8.23. The minimum absolute atomic E-state index is 0.102.